The predicted octanol–water partition coefficient (Wildman–Crippen LogP) is 4.25. The third kappa shape index (κ3) is 3.49. The molecule has 2 aliphatic rings. The standard InChI is InChI=1S/C21H21N3O3S3/c25-21(18-14-29-20(22-18)16-7-11-28-13-16)24-10-6-15-12-17(4-5-19(15)24)30(26,27)23-8-2-1-3-9-23/h4-5,7,11-14H,1-3,6,8-10H2. The molecule has 3 aromatic rings. The average Bonchev–Trinajstić information content (AvgIpc) is 3.53. The molecule has 0 atom stereocenters. The van der Waals surface area contributed by atoms with Gasteiger partial charge in [0, 0.05) is 41.6 Å². The van der Waals surface area contributed by atoms with Gasteiger partial charge in [-0.3, -0.25) is 4.79 Å². The minimum atomic E-state index is -3.48. The van der Waals surface area contributed by atoms with Crippen LogP contribution in [0.4, 0.5) is 5.69 Å². The first-order chi connectivity index (χ1) is 14.5. The molecule has 0 spiro atoms. The number of rotatable bonds is 4. The molecular formula is C21H21N3O3S3. The monoisotopic (exact) mass is 459 g/mol. The Morgan fingerprint density at radius 1 is 1.03 bits per heavy atom. The van der Waals surface area contributed by atoms with Crippen LogP contribution >= 0.6 is 22.7 Å². The number of aromatic nitrogens is 1. The first-order valence-electron chi connectivity index (χ1n) is 9.97. The molecule has 0 aliphatic carbocycles. The minimum absolute atomic E-state index is 0.141. The predicted molar refractivity (Wildman–Crippen MR) is 120 cm³/mol. The number of benzene rings is 1. The normalized spacial score (nSPS) is 17.3. The summed E-state index contributed by atoms with van der Waals surface area (Å²) < 4.78 is 27.5. The molecule has 5 rings (SSSR count). The van der Waals surface area contributed by atoms with E-state index in [2.05, 4.69) is 4.98 Å². The van der Waals surface area contributed by atoms with Gasteiger partial charge in [0.1, 0.15) is 10.7 Å². The summed E-state index contributed by atoms with van der Waals surface area (Å²) in [5, 5.41) is 6.64. The molecule has 1 fully saturated rings. The molecule has 2 aromatic heterocycles. The summed E-state index contributed by atoms with van der Waals surface area (Å²) in [6, 6.07) is 7.13. The lowest BCUT2D eigenvalue weighted by Crippen LogP contribution is -2.35. The Morgan fingerprint density at radius 2 is 1.87 bits per heavy atom. The summed E-state index contributed by atoms with van der Waals surface area (Å²) >= 11 is 3.06. The van der Waals surface area contributed by atoms with E-state index < -0.39 is 10.0 Å². The number of hydrogen-bond acceptors (Lipinski definition) is 6. The fourth-order valence-electron chi connectivity index (χ4n) is 4.03. The van der Waals surface area contributed by atoms with E-state index in [9.17, 15) is 13.2 Å². The minimum Gasteiger partial charge on any atom is -0.306 e. The van der Waals surface area contributed by atoms with Crippen molar-refractivity contribution in [2.24, 2.45) is 0 Å². The SMILES string of the molecule is O=C(c1csc(-c2ccsc2)n1)N1CCc2cc(S(=O)(=O)N3CCCCC3)ccc21. The molecule has 0 N–H and O–H groups in total. The number of piperidine rings is 1. The zero-order valence-corrected chi connectivity index (χ0v) is 18.7. The molecular weight excluding hydrogens is 438 g/mol. The van der Waals surface area contributed by atoms with Crippen LogP contribution in [0.25, 0.3) is 10.6 Å². The van der Waals surface area contributed by atoms with Crippen LogP contribution in [0.3, 0.4) is 0 Å². The Balaban J connectivity index is 1.39. The number of carbonyl (C=O) groups is 1. The Hall–Kier alpha value is -2.07. The number of amides is 1. The first kappa shape index (κ1) is 19.9. The maximum Gasteiger partial charge on any atom is 0.277 e. The van der Waals surface area contributed by atoms with Crippen molar-refractivity contribution in [2.75, 3.05) is 24.5 Å². The van der Waals surface area contributed by atoms with Gasteiger partial charge in [-0.2, -0.15) is 15.6 Å². The number of nitrogens with zero attached hydrogens (tertiary/aromatic N) is 3. The van der Waals surface area contributed by atoms with E-state index in [1.165, 1.54) is 11.3 Å². The van der Waals surface area contributed by atoms with E-state index in [-0.39, 0.29) is 5.91 Å². The maximum atomic E-state index is 13.1. The number of fused-ring (bicyclic) bond motifs is 1. The highest BCUT2D eigenvalue weighted by atomic mass is 32.2. The smallest absolute Gasteiger partial charge is 0.277 e. The highest BCUT2D eigenvalue weighted by molar-refractivity contribution is 7.89. The van der Waals surface area contributed by atoms with Crippen molar-refractivity contribution in [3.8, 4) is 10.6 Å². The van der Waals surface area contributed by atoms with E-state index in [4.69, 9.17) is 0 Å². The number of thiophene rings is 1. The molecule has 1 amide bonds. The summed E-state index contributed by atoms with van der Waals surface area (Å²) in [6.07, 6.45) is 3.55. The molecule has 9 heteroatoms. The van der Waals surface area contributed by atoms with Crippen molar-refractivity contribution >= 4 is 44.3 Å². The Morgan fingerprint density at radius 3 is 2.63 bits per heavy atom. The molecule has 156 valence electrons. The van der Waals surface area contributed by atoms with E-state index in [0.29, 0.717) is 36.6 Å². The van der Waals surface area contributed by atoms with Crippen molar-refractivity contribution in [3.05, 3.63) is 51.7 Å². The van der Waals surface area contributed by atoms with E-state index in [1.54, 1.807) is 44.1 Å². The van der Waals surface area contributed by atoms with Crippen molar-refractivity contribution < 1.29 is 13.2 Å². The van der Waals surface area contributed by atoms with Gasteiger partial charge in [0.2, 0.25) is 10.0 Å². The van der Waals surface area contributed by atoms with Gasteiger partial charge in [-0.05, 0) is 54.5 Å². The van der Waals surface area contributed by atoms with Crippen molar-refractivity contribution in [1.82, 2.24) is 9.29 Å². The zero-order chi connectivity index (χ0) is 20.7. The fraction of sp³-hybridized carbons (Fsp3) is 0.333. The summed E-state index contributed by atoms with van der Waals surface area (Å²) in [6.45, 7) is 1.70. The van der Waals surface area contributed by atoms with Crippen molar-refractivity contribution in [1.29, 1.82) is 0 Å². The van der Waals surface area contributed by atoms with Gasteiger partial charge in [0.05, 0.1) is 4.90 Å². The van der Waals surface area contributed by atoms with Crippen molar-refractivity contribution in [2.45, 2.75) is 30.6 Å². The second kappa shape index (κ2) is 7.88. The van der Waals surface area contributed by atoms with Crippen LogP contribution in [0.5, 0.6) is 0 Å². The van der Waals surface area contributed by atoms with E-state index in [1.807, 2.05) is 16.8 Å². The second-order valence-electron chi connectivity index (χ2n) is 7.51. The van der Waals surface area contributed by atoms with Crippen LogP contribution in [0, 0.1) is 0 Å². The van der Waals surface area contributed by atoms with Crippen LogP contribution in [0.1, 0.15) is 35.3 Å². The number of thiazole rings is 1. The van der Waals surface area contributed by atoms with Crippen LogP contribution in [-0.4, -0.2) is 43.2 Å². The summed E-state index contributed by atoms with van der Waals surface area (Å²) in [5.74, 6) is -0.141. The molecule has 0 saturated carbocycles. The summed E-state index contributed by atoms with van der Waals surface area (Å²) in [7, 11) is -3.48. The largest absolute Gasteiger partial charge is 0.306 e. The van der Waals surface area contributed by atoms with Crippen LogP contribution in [0.15, 0.2) is 45.3 Å². The lowest BCUT2D eigenvalue weighted by molar-refractivity contribution is 0.0985. The zero-order valence-electron chi connectivity index (χ0n) is 16.3. The fourth-order valence-corrected chi connectivity index (χ4v) is 7.11. The number of sulfonamides is 1. The molecule has 2 aliphatic heterocycles. The van der Waals surface area contributed by atoms with Crippen LogP contribution in [0.2, 0.25) is 0 Å². The quantitative estimate of drug-likeness (QED) is 0.585. The molecule has 1 saturated heterocycles. The lowest BCUT2D eigenvalue weighted by Gasteiger charge is -2.26. The highest BCUT2D eigenvalue weighted by Crippen LogP contribution is 2.33. The van der Waals surface area contributed by atoms with Crippen molar-refractivity contribution in [3.63, 3.8) is 0 Å². The van der Waals surface area contributed by atoms with E-state index in [0.717, 1.165) is 41.1 Å². The number of hydrogen-bond donors (Lipinski definition) is 0. The average molecular weight is 460 g/mol. The number of anilines is 1. The highest BCUT2D eigenvalue weighted by Gasteiger charge is 2.31. The molecule has 6 nitrogen and oxygen atoms in total. The Labute approximate surface area is 183 Å². The van der Waals surface area contributed by atoms with Gasteiger partial charge in [-0.1, -0.05) is 6.42 Å². The second-order valence-corrected chi connectivity index (χ2v) is 11.1. The van der Waals surface area contributed by atoms with Crippen LogP contribution in [-0.2, 0) is 16.4 Å². The van der Waals surface area contributed by atoms with Gasteiger partial charge in [-0.15, -0.1) is 11.3 Å². The number of carbonyl (C=O) groups excluding carboxylic acids is 1. The van der Waals surface area contributed by atoms with Gasteiger partial charge in [0.15, 0.2) is 0 Å². The maximum absolute atomic E-state index is 13.1. The molecule has 30 heavy (non-hydrogen) atoms. The Kier molecular flexibility index (Phi) is 5.22. The van der Waals surface area contributed by atoms with E-state index >= 15 is 0 Å². The van der Waals surface area contributed by atoms with Gasteiger partial charge >= 0.3 is 0 Å². The first-order valence-corrected chi connectivity index (χ1v) is 13.2. The third-order valence-electron chi connectivity index (χ3n) is 5.64. The lowest BCUT2D eigenvalue weighted by atomic mass is 10.2. The molecule has 0 radical (unpaired) electrons. The topological polar surface area (TPSA) is 70.6 Å². The van der Waals surface area contributed by atoms with Crippen LogP contribution < -0.4 is 4.90 Å². The van der Waals surface area contributed by atoms with Gasteiger partial charge in [-0.25, -0.2) is 13.4 Å². The van der Waals surface area contributed by atoms with Gasteiger partial charge in [0.25, 0.3) is 5.91 Å². The molecule has 4 heterocycles. The summed E-state index contributed by atoms with van der Waals surface area (Å²) in [5.41, 5.74) is 3.13. The van der Waals surface area contributed by atoms with Gasteiger partial charge < -0.3 is 4.90 Å². The molecule has 1 aromatic carbocycles. The molecule has 0 unspecified atom stereocenters. The summed E-state index contributed by atoms with van der Waals surface area (Å²) in [4.78, 5) is 19.6. The third-order valence-corrected chi connectivity index (χ3v) is 9.11. The Bertz CT molecular complexity index is 1180. The molecule has 0 bridgehead atoms.